The number of anilines is 1. The first-order valence-corrected chi connectivity index (χ1v) is 12.1. The van der Waals surface area contributed by atoms with Gasteiger partial charge in [0.1, 0.15) is 11.2 Å². The van der Waals surface area contributed by atoms with E-state index in [2.05, 4.69) is 54.1 Å². The van der Waals surface area contributed by atoms with Gasteiger partial charge in [0.15, 0.2) is 11.3 Å². The van der Waals surface area contributed by atoms with E-state index in [9.17, 15) is 0 Å². The van der Waals surface area contributed by atoms with Crippen LogP contribution in [0.15, 0.2) is 88.3 Å². The van der Waals surface area contributed by atoms with Gasteiger partial charge in [-0.25, -0.2) is 9.98 Å². The van der Waals surface area contributed by atoms with Gasteiger partial charge in [0, 0.05) is 52.8 Å². The van der Waals surface area contributed by atoms with Crippen molar-refractivity contribution < 1.29 is 4.42 Å². The molecule has 0 radical (unpaired) electrons. The van der Waals surface area contributed by atoms with Crippen molar-refractivity contribution in [3.8, 4) is 11.5 Å². The molecule has 2 heterocycles. The van der Waals surface area contributed by atoms with E-state index < -0.39 is 0 Å². The van der Waals surface area contributed by atoms with Crippen LogP contribution in [0.2, 0.25) is 0 Å². The Kier molecular flexibility index (Phi) is 5.18. The third-order valence-electron chi connectivity index (χ3n) is 6.55. The Bertz CT molecular complexity index is 1750. The molecule has 4 aromatic rings. The predicted octanol–water partition coefficient (Wildman–Crippen LogP) is 7.02. The van der Waals surface area contributed by atoms with Gasteiger partial charge < -0.3 is 9.32 Å². The summed E-state index contributed by atoms with van der Waals surface area (Å²) >= 11 is 0. The predicted molar refractivity (Wildman–Crippen MR) is 143 cm³/mol. The van der Waals surface area contributed by atoms with Crippen molar-refractivity contribution in [1.29, 1.82) is 0 Å². The second kappa shape index (κ2) is 8.51. The number of para-hydroxylation sites is 1. The van der Waals surface area contributed by atoms with Crippen molar-refractivity contribution in [2.75, 3.05) is 18.0 Å². The highest BCUT2D eigenvalue weighted by Crippen LogP contribution is 2.32. The quantitative estimate of drug-likeness (QED) is 0.210. The van der Waals surface area contributed by atoms with Crippen molar-refractivity contribution >= 4 is 44.1 Å². The molecular weight excluding hydrogens is 432 g/mol. The topological polar surface area (TPSA) is 54.5 Å². The van der Waals surface area contributed by atoms with Crippen molar-refractivity contribution in [1.82, 2.24) is 9.97 Å². The van der Waals surface area contributed by atoms with Gasteiger partial charge in [-0.05, 0) is 45.0 Å². The molecule has 35 heavy (non-hydrogen) atoms. The summed E-state index contributed by atoms with van der Waals surface area (Å²) in [6, 6.07) is 26.7. The summed E-state index contributed by atoms with van der Waals surface area (Å²) in [5, 5.41) is 3.95. The molecule has 0 fully saturated rings. The first kappa shape index (κ1) is 21.3. The van der Waals surface area contributed by atoms with Gasteiger partial charge in [-0.2, -0.15) is 0 Å². The highest BCUT2D eigenvalue weighted by atomic mass is 16.3. The smallest absolute Gasteiger partial charge is 0.155 e. The van der Waals surface area contributed by atoms with Crippen molar-refractivity contribution in [2.24, 2.45) is 4.99 Å². The highest BCUT2D eigenvalue weighted by molar-refractivity contribution is 5.97. The summed E-state index contributed by atoms with van der Waals surface area (Å²) in [4.78, 5) is 17.1. The molecular formula is C30H26N4O. The minimum Gasteiger partial charge on any atom is -0.453 e. The van der Waals surface area contributed by atoms with E-state index in [1.54, 1.807) is 0 Å². The number of benzene rings is 4. The molecule has 6 rings (SSSR count). The number of aromatic nitrogens is 2. The second-order valence-electron chi connectivity index (χ2n) is 8.74. The van der Waals surface area contributed by atoms with Gasteiger partial charge in [0.25, 0.3) is 0 Å². The zero-order chi connectivity index (χ0) is 23.9. The van der Waals surface area contributed by atoms with Crippen LogP contribution >= 0.6 is 0 Å². The molecule has 172 valence electrons. The maximum atomic E-state index is 6.46. The van der Waals surface area contributed by atoms with Crippen molar-refractivity contribution in [3.63, 3.8) is 0 Å². The van der Waals surface area contributed by atoms with Gasteiger partial charge in [0.2, 0.25) is 0 Å². The van der Waals surface area contributed by atoms with Crippen LogP contribution in [0.5, 0.6) is 0 Å². The number of hydrogen-bond donors (Lipinski definition) is 0. The number of rotatable bonds is 4. The Balaban J connectivity index is 1.65. The lowest BCUT2D eigenvalue weighted by molar-refractivity contribution is 0.613. The van der Waals surface area contributed by atoms with Crippen LogP contribution in [0.3, 0.4) is 0 Å². The van der Waals surface area contributed by atoms with E-state index in [0.29, 0.717) is 0 Å². The summed E-state index contributed by atoms with van der Waals surface area (Å²) in [5.74, 6) is 0.724. The zero-order valence-electron chi connectivity index (χ0n) is 20.1. The van der Waals surface area contributed by atoms with Gasteiger partial charge >= 0.3 is 0 Å². The fraction of sp³-hybridized carbons (Fsp3) is 0.167. The molecule has 0 spiro atoms. The Morgan fingerprint density at radius 1 is 0.771 bits per heavy atom. The van der Waals surface area contributed by atoms with Crippen LogP contribution in [0.25, 0.3) is 44.2 Å². The van der Waals surface area contributed by atoms with Crippen LogP contribution in [0, 0.1) is 6.92 Å². The van der Waals surface area contributed by atoms with Gasteiger partial charge in [-0.1, -0.05) is 42.5 Å². The average molecular weight is 459 g/mol. The largest absolute Gasteiger partial charge is 0.453 e. The molecule has 0 bridgehead atoms. The number of nitrogens with zero attached hydrogens (tertiary/aromatic N) is 4. The van der Waals surface area contributed by atoms with Gasteiger partial charge in [-0.3, -0.25) is 4.98 Å². The average Bonchev–Trinajstić information content (AvgIpc) is 2.88. The minimum absolute atomic E-state index is 0.724. The van der Waals surface area contributed by atoms with E-state index >= 15 is 0 Å². The third kappa shape index (κ3) is 3.69. The van der Waals surface area contributed by atoms with E-state index in [0.717, 1.165) is 79.7 Å². The van der Waals surface area contributed by atoms with E-state index in [1.807, 2.05) is 55.5 Å². The lowest BCUT2D eigenvalue weighted by atomic mass is 10.0. The minimum atomic E-state index is 0.724. The highest BCUT2D eigenvalue weighted by Gasteiger charge is 2.16. The molecule has 0 saturated heterocycles. The second-order valence-corrected chi connectivity index (χ2v) is 8.74. The summed E-state index contributed by atoms with van der Waals surface area (Å²) in [6.45, 7) is 8.20. The Labute approximate surface area is 203 Å². The molecule has 0 N–H and O–H groups in total. The summed E-state index contributed by atoms with van der Waals surface area (Å²) in [5.41, 5.74) is 6.38. The SMILES string of the molecule is CCN(CC)c1ccc2nc3c4ccccc4c(=Nc4cc(C)nc5ccccc45)cc-3oc2c1. The number of aryl methyl sites for hydroxylation is 1. The molecule has 1 aromatic heterocycles. The maximum absolute atomic E-state index is 6.46. The molecule has 0 amide bonds. The van der Waals surface area contributed by atoms with Crippen LogP contribution < -0.4 is 10.3 Å². The van der Waals surface area contributed by atoms with Crippen molar-refractivity contribution in [2.45, 2.75) is 20.8 Å². The fourth-order valence-corrected chi connectivity index (χ4v) is 4.81. The first-order valence-electron chi connectivity index (χ1n) is 12.1. The standard InChI is InChI=1S/C30H26N4O/c1-4-34(5-2)20-14-15-25-28(17-20)35-29-18-27(21-10-6-7-11-22(21)30(29)33-25)32-26-16-19(3)31-24-13-9-8-12-23(24)26/h6-18H,4-5H2,1-3H3. The maximum Gasteiger partial charge on any atom is 0.155 e. The third-order valence-corrected chi connectivity index (χ3v) is 6.55. The first-order chi connectivity index (χ1) is 17.1. The van der Waals surface area contributed by atoms with Gasteiger partial charge in [-0.15, -0.1) is 0 Å². The Morgan fingerprint density at radius 3 is 2.31 bits per heavy atom. The van der Waals surface area contributed by atoms with E-state index in [4.69, 9.17) is 14.4 Å². The lowest BCUT2D eigenvalue weighted by Crippen LogP contribution is -2.21. The Morgan fingerprint density at radius 2 is 1.51 bits per heavy atom. The number of pyridine rings is 1. The molecule has 3 aromatic carbocycles. The van der Waals surface area contributed by atoms with Crippen molar-refractivity contribution in [3.05, 3.63) is 89.9 Å². The molecule has 0 saturated carbocycles. The monoisotopic (exact) mass is 458 g/mol. The fourth-order valence-electron chi connectivity index (χ4n) is 4.81. The molecule has 5 heteroatoms. The molecule has 0 unspecified atom stereocenters. The van der Waals surface area contributed by atoms with Crippen LogP contribution in [0.4, 0.5) is 11.4 Å². The zero-order valence-corrected chi connectivity index (χ0v) is 20.1. The van der Waals surface area contributed by atoms with Crippen LogP contribution in [-0.2, 0) is 0 Å². The number of fused-ring (bicyclic) bond motifs is 5. The molecule has 0 atom stereocenters. The summed E-state index contributed by atoms with van der Waals surface area (Å²) < 4.78 is 6.46. The van der Waals surface area contributed by atoms with E-state index in [-0.39, 0.29) is 0 Å². The normalized spacial score (nSPS) is 12.3. The number of hydrogen-bond acceptors (Lipinski definition) is 5. The lowest BCUT2D eigenvalue weighted by Gasteiger charge is -2.21. The van der Waals surface area contributed by atoms with Gasteiger partial charge in [0.05, 0.1) is 16.6 Å². The van der Waals surface area contributed by atoms with Crippen LogP contribution in [0.1, 0.15) is 19.5 Å². The Hall–Kier alpha value is -4.25. The van der Waals surface area contributed by atoms with Crippen LogP contribution in [-0.4, -0.2) is 23.1 Å². The molecule has 1 aliphatic carbocycles. The summed E-state index contributed by atoms with van der Waals surface area (Å²) in [7, 11) is 0. The summed E-state index contributed by atoms with van der Waals surface area (Å²) in [6.07, 6.45) is 0. The molecule has 1 aliphatic heterocycles. The molecule has 2 aliphatic rings. The van der Waals surface area contributed by atoms with E-state index in [1.165, 1.54) is 0 Å². The molecule has 5 nitrogen and oxygen atoms in total.